The van der Waals surface area contributed by atoms with Crippen LogP contribution in [0.2, 0.25) is 0 Å². The van der Waals surface area contributed by atoms with Crippen LogP contribution in [0.25, 0.3) is 10.1 Å². The van der Waals surface area contributed by atoms with Crippen molar-refractivity contribution in [3.05, 3.63) is 29.1 Å². The van der Waals surface area contributed by atoms with Gasteiger partial charge >= 0.3 is 5.97 Å². The molecule has 118 valence electrons. The third kappa shape index (κ3) is 2.63. The van der Waals surface area contributed by atoms with Crippen molar-refractivity contribution in [1.29, 1.82) is 0 Å². The predicted molar refractivity (Wildman–Crippen MR) is 83.0 cm³/mol. The lowest BCUT2D eigenvalue weighted by molar-refractivity contribution is 0.0702. The number of ether oxygens (including phenoxy) is 1. The third-order valence-electron chi connectivity index (χ3n) is 3.80. The van der Waals surface area contributed by atoms with E-state index in [2.05, 4.69) is 0 Å². The number of hydrogen-bond acceptors (Lipinski definition) is 5. The molecule has 1 aromatic heterocycles. The fraction of sp³-hybridized carbons (Fsp3) is 0.357. The monoisotopic (exact) mass is 341 g/mol. The minimum Gasteiger partial charge on any atom is -0.477 e. The van der Waals surface area contributed by atoms with Gasteiger partial charge in [-0.1, -0.05) is 0 Å². The molecule has 8 heteroatoms. The summed E-state index contributed by atoms with van der Waals surface area (Å²) in [6.07, 6.45) is 0.680. The molecule has 0 amide bonds. The van der Waals surface area contributed by atoms with Crippen molar-refractivity contribution in [2.24, 2.45) is 0 Å². The van der Waals surface area contributed by atoms with Gasteiger partial charge in [-0.25, -0.2) is 13.2 Å². The Morgan fingerprint density at radius 2 is 2.18 bits per heavy atom. The molecule has 1 aliphatic rings. The van der Waals surface area contributed by atoms with Crippen molar-refractivity contribution in [2.45, 2.75) is 17.4 Å². The number of carboxylic acids is 1. The molecule has 2 aromatic rings. The summed E-state index contributed by atoms with van der Waals surface area (Å²) in [4.78, 5) is 11.4. The van der Waals surface area contributed by atoms with Gasteiger partial charge in [-0.3, -0.25) is 0 Å². The van der Waals surface area contributed by atoms with Crippen LogP contribution in [0.3, 0.4) is 0 Å². The van der Waals surface area contributed by atoms with Crippen LogP contribution >= 0.6 is 11.3 Å². The van der Waals surface area contributed by atoms with Crippen molar-refractivity contribution in [2.75, 3.05) is 20.3 Å². The van der Waals surface area contributed by atoms with E-state index in [-0.39, 0.29) is 15.8 Å². The summed E-state index contributed by atoms with van der Waals surface area (Å²) in [5.41, 5.74) is 0. The summed E-state index contributed by atoms with van der Waals surface area (Å²) in [5.74, 6) is -1.01. The smallest absolute Gasteiger partial charge is 0.345 e. The van der Waals surface area contributed by atoms with E-state index in [1.807, 2.05) is 0 Å². The fourth-order valence-electron chi connectivity index (χ4n) is 2.46. The van der Waals surface area contributed by atoms with Gasteiger partial charge in [-0.15, -0.1) is 11.3 Å². The quantitative estimate of drug-likeness (QED) is 0.920. The summed E-state index contributed by atoms with van der Waals surface area (Å²) in [6.45, 7) is 0.968. The van der Waals surface area contributed by atoms with Crippen LogP contribution in [-0.4, -0.2) is 50.1 Å². The molecule has 1 atom stereocenters. The highest BCUT2D eigenvalue weighted by atomic mass is 32.2. The van der Waals surface area contributed by atoms with Crippen molar-refractivity contribution in [1.82, 2.24) is 4.31 Å². The average Bonchev–Trinajstić information content (AvgIpc) is 3.14. The molecular formula is C14H15NO5S2. The Bertz CT molecular complexity index is 821. The largest absolute Gasteiger partial charge is 0.477 e. The highest BCUT2D eigenvalue weighted by Crippen LogP contribution is 2.29. The molecule has 2 heterocycles. The number of sulfonamides is 1. The SMILES string of the molecule is CN(C1CCOC1)S(=O)(=O)c1ccc2sc(C(=O)O)cc2c1. The van der Waals surface area contributed by atoms with Gasteiger partial charge in [0.05, 0.1) is 17.5 Å². The number of nitrogens with zero attached hydrogens (tertiary/aromatic N) is 1. The second-order valence-corrected chi connectivity index (χ2v) is 8.24. The lowest BCUT2D eigenvalue weighted by atomic mass is 10.2. The Morgan fingerprint density at radius 1 is 1.41 bits per heavy atom. The molecule has 22 heavy (non-hydrogen) atoms. The van der Waals surface area contributed by atoms with Crippen LogP contribution in [0, 0.1) is 0 Å². The summed E-state index contributed by atoms with van der Waals surface area (Å²) in [5, 5.41) is 9.64. The number of benzene rings is 1. The van der Waals surface area contributed by atoms with E-state index in [0.717, 1.165) is 16.0 Å². The summed E-state index contributed by atoms with van der Waals surface area (Å²) >= 11 is 1.13. The van der Waals surface area contributed by atoms with Gasteiger partial charge in [0.25, 0.3) is 0 Å². The molecule has 3 rings (SSSR count). The first-order valence-electron chi connectivity index (χ1n) is 6.72. The Morgan fingerprint density at radius 3 is 2.82 bits per heavy atom. The highest BCUT2D eigenvalue weighted by Gasteiger charge is 2.30. The minimum atomic E-state index is -3.61. The normalized spacial score (nSPS) is 19.1. The van der Waals surface area contributed by atoms with Gasteiger partial charge in [0.2, 0.25) is 10.0 Å². The lowest BCUT2D eigenvalue weighted by Gasteiger charge is -2.22. The third-order valence-corrected chi connectivity index (χ3v) is 6.81. The first-order valence-corrected chi connectivity index (χ1v) is 8.98. The Kier molecular flexibility index (Phi) is 3.94. The first-order chi connectivity index (χ1) is 10.4. The van der Waals surface area contributed by atoms with Gasteiger partial charge in [-0.05, 0) is 36.1 Å². The van der Waals surface area contributed by atoms with Gasteiger partial charge in [0, 0.05) is 18.4 Å². The predicted octanol–water partition coefficient (Wildman–Crippen LogP) is 2.01. The number of carbonyl (C=O) groups is 1. The number of hydrogen-bond donors (Lipinski definition) is 1. The van der Waals surface area contributed by atoms with Crippen LogP contribution < -0.4 is 0 Å². The van der Waals surface area contributed by atoms with Crippen LogP contribution in [0.15, 0.2) is 29.2 Å². The maximum absolute atomic E-state index is 12.7. The maximum Gasteiger partial charge on any atom is 0.345 e. The number of aromatic carboxylic acids is 1. The first kappa shape index (κ1) is 15.4. The molecule has 6 nitrogen and oxygen atoms in total. The molecule has 1 fully saturated rings. The number of fused-ring (bicyclic) bond motifs is 1. The van der Waals surface area contributed by atoms with Crippen molar-refractivity contribution in [3.8, 4) is 0 Å². The number of likely N-dealkylation sites (N-methyl/N-ethyl adjacent to an activating group) is 1. The van der Waals surface area contributed by atoms with Gasteiger partial charge in [0.1, 0.15) is 4.88 Å². The number of rotatable bonds is 4. The standard InChI is InChI=1S/C14H15NO5S2/c1-15(10-4-5-20-8-10)22(18,19)11-2-3-12-9(6-11)7-13(21-12)14(16)17/h2-3,6-7,10H,4-5,8H2,1H3,(H,16,17). The molecule has 1 unspecified atom stereocenters. The van der Waals surface area contributed by atoms with Crippen LogP contribution in [0.4, 0.5) is 0 Å². The molecule has 0 aliphatic carbocycles. The van der Waals surface area contributed by atoms with E-state index in [9.17, 15) is 13.2 Å². The molecule has 0 bridgehead atoms. The van der Waals surface area contributed by atoms with Crippen LogP contribution in [-0.2, 0) is 14.8 Å². The molecule has 0 saturated carbocycles. The molecule has 0 radical (unpaired) electrons. The van der Waals surface area contributed by atoms with Gasteiger partial charge < -0.3 is 9.84 Å². The van der Waals surface area contributed by atoms with E-state index < -0.39 is 16.0 Å². The fourth-order valence-corrected chi connectivity index (χ4v) is 4.75. The summed E-state index contributed by atoms with van der Waals surface area (Å²) in [6, 6.07) is 6.04. The van der Waals surface area contributed by atoms with Crippen molar-refractivity contribution >= 4 is 37.4 Å². The van der Waals surface area contributed by atoms with Crippen LogP contribution in [0.5, 0.6) is 0 Å². The lowest BCUT2D eigenvalue weighted by Crippen LogP contribution is -2.37. The second-order valence-electron chi connectivity index (χ2n) is 5.15. The van der Waals surface area contributed by atoms with Gasteiger partial charge in [0.15, 0.2) is 0 Å². The van der Waals surface area contributed by atoms with E-state index in [1.165, 1.54) is 22.5 Å². The van der Waals surface area contributed by atoms with E-state index in [1.54, 1.807) is 13.1 Å². The molecule has 0 spiro atoms. The van der Waals surface area contributed by atoms with Crippen LogP contribution in [0.1, 0.15) is 16.1 Å². The van der Waals surface area contributed by atoms with E-state index in [4.69, 9.17) is 9.84 Å². The average molecular weight is 341 g/mol. The molecule has 1 aromatic carbocycles. The minimum absolute atomic E-state index is 0.155. The molecule has 1 saturated heterocycles. The molecule has 1 aliphatic heterocycles. The molecule has 1 N–H and O–H groups in total. The zero-order chi connectivity index (χ0) is 15.9. The molecular weight excluding hydrogens is 326 g/mol. The Labute approximate surface area is 132 Å². The van der Waals surface area contributed by atoms with Crippen molar-refractivity contribution < 1.29 is 23.1 Å². The zero-order valence-electron chi connectivity index (χ0n) is 11.9. The second kappa shape index (κ2) is 5.62. The Balaban J connectivity index is 1.99. The zero-order valence-corrected chi connectivity index (χ0v) is 13.5. The summed E-state index contributed by atoms with van der Waals surface area (Å²) < 4.78 is 32.7. The number of thiophene rings is 1. The van der Waals surface area contributed by atoms with E-state index >= 15 is 0 Å². The van der Waals surface area contributed by atoms with E-state index in [0.29, 0.717) is 25.0 Å². The topological polar surface area (TPSA) is 83.9 Å². The highest BCUT2D eigenvalue weighted by molar-refractivity contribution is 7.89. The van der Waals surface area contributed by atoms with Crippen molar-refractivity contribution in [3.63, 3.8) is 0 Å². The number of carboxylic acid groups (broad SMARTS) is 1. The van der Waals surface area contributed by atoms with Gasteiger partial charge in [-0.2, -0.15) is 4.31 Å². The summed E-state index contributed by atoms with van der Waals surface area (Å²) in [7, 11) is -2.06. The maximum atomic E-state index is 12.7. The Hall–Kier alpha value is -1.48.